The second-order valence-electron chi connectivity index (χ2n) is 4.77. The molecule has 2 unspecified atom stereocenters. The second kappa shape index (κ2) is 5.28. The van der Waals surface area contributed by atoms with Crippen molar-refractivity contribution in [3.8, 4) is 0 Å². The Balaban J connectivity index is 2.22. The van der Waals surface area contributed by atoms with Crippen LogP contribution >= 0.6 is 0 Å². The van der Waals surface area contributed by atoms with Crippen LogP contribution in [0.25, 0.3) is 0 Å². The van der Waals surface area contributed by atoms with E-state index in [1.54, 1.807) is 12.1 Å². The number of sulfonamides is 1. The summed E-state index contributed by atoms with van der Waals surface area (Å²) in [5.41, 5.74) is 0.231. The van der Waals surface area contributed by atoms with E-state index >= 15 is 0 Å². The van der Waals surface area contributed by atoms with E-state index in [9.17, 15) is 13.2 Å². The Kier molecular flexibility index (Phi) is 3.88. The minimum atomic E-state index is -3.85. The molecule has 1 fully saturated rings. The number of hydrogen-bond donors (Lipinski definition) is 3. The van der Waals surface area contributed by atoms with E-state index in [0.29, 0.717) is 6.54 Å². The van der Waals surface area contributed by atoms with Crippen molar-refractivity contribution in [3.05, 3.63) is 24.3 Å². The molecule has 19 heavy (non-hydrogen) atoms. The molecular formula is C12H17N3O3S. The molecule has 1 amide bonds. The molecule has 0 radical (unpaired) electrons. The zero-order chi connectivity index (χ0) is 14.0. The number of anilines is 1. The van der Waals surface area contributed by atoms with Crippen LogP contribution in [0.4, 0.5) is 5.69 Å². The molecule has 1 aromatic carbocycles. The van der Waals surface area contributed by atoms with Gasteiger partial charge in [-0.1, -0.05) is 19.1 Å². The van der Waals surface area contributed by atoms with Crippen molar-refractivity contribution in [3.63, 3.8) is 0 Å². The Morgan fingerprint density at radius 1 is 1.37 bits per heavy atom. The SMILES string of the molecule is CC1CNCC1C(=O)Nc1ccccc1S(N)(=O)=O. The molecule has 1 aliphatic heterocycles. The maximum atomic E-state index is 12.1. The highest BCUT2D eigenvalue weighted by Crippen LogP contribution is 2.22. The molecule has 2 atom stereocenters. The fourth-order valence-corrected chi connectivity index (χ4v) is 2.90. The van der Waals surface area contributed by atoms with E-state index in [1.807, 2.05) is 6.92 Å². The van der Waals surface area contributed by atoms with Gasteiger partial charge in [-0.25, -0.2) is 13.6 Å². The number of hydrogen-bond acceptors (Lipinski definition) is 4. The first-order valence-electron chi connectivity index (χ1n) is 6.03. The van der Waals surface area contributed by atoms with Gasteiger partial charge in [0.15, 0.2) is 0 Å². The van der Waals surface area contributed by atoms with Gasteiger partial charge in [0.1, 0.15) is 4.90 Å². The lowest BCUT2D eigenvalue weighted by molar-refractivity contribution is -0.120. The molecule has 7 heteroatoms. The molecule has 2 rings (SSSR count). The third-order valence-corrected chi connectivity index (χ3v) is 4.27. The van der Waals surface area contributed by atoms with Gasteiger partial charge < -0.3 is 10.6 Å². The van der Waals surface area contributed by atoms with Crippen LogP contribution in [-0.2, 0) is 14.8 Å². The van der Waals surface area contributed by atoms with Gasteiger partial charge in [0.05, 0.1) is 11.6 Å². The van der Waals surface area contributed by atoms with Gasteiger partial charge in [0, 0.05) is 6.54 Å². The number of nitrogens with two attached hydrogens (primary N) is 1. The summed E-state index contributed by atoms with van der Waals surface area (Å²) < 4.78 is 22.9. The molecule has 1 aromatic rings. The number of rotatable bonds is 3. The minimum Gasteiger partial charge on any atom is -0.325 e. The van der Waals surface area contributed by atoms with E-state index in [1.165, 1.54) is 12.1 Å². The molecule has 104 valence electrons. The Morgan fingerprint density at radius 2 is 2.05 bits per heavy atom. The van der Waals surface area contributed by atoms with Gasteiger partial charge in [-0.2, -0.15) is 0 Å². The Morgan fingerprint density at radius 3 is 2.63 bits per heavy atom. The minimum absolute atomic E-state index is 0.0676. The van der Waals surface area contributed by atoms with E-state index in [-0.39, 0.29) is 28.3 Å². The summed E-state index contributed by atoms with van der Waals surface area (Å²) in [6.45, 7) is 3.37. The molecule has 0 aliphatic carbocycles. The van der Waals surface area contributed by atoms with Crippen molar-refractivity contribution < 1.29 is 13.2 Å². The summed E-state index contributed by atoms with van der Waals surface area (Å²) in [6.07, 6.45) is 0. The van der Waals surface area contributed by atoms with Gasteiger partial charge in [0.2, 0.25) is 15.9 Å². The molecule has 0 bridgehead atoms. The fourth-order valence-electron chi connectivity index (χ4n) is 2.20. The molecule has 0 spiro atoms. The van der Waals surface area contributed by atoms with Gasteiger partial charge in [-0.3, -0.25) is 4.79 Å². The number of carbonyl (C=O) groups excluding carboxylic acids is 1. The Hall–Kier alpha value is -1.44. The van der Waals surface area contributed by atoms with Gasteiger partial charge in [-0.15, -0.1) is 0 Å². The lowest BCUT2D eigenvalue weighted by Crippen LogP contribution is -2.28. The fraction of sp³-hybridized carbons (Fsp3) is 0.417. The number of primary sulfonamides is 1. The highest BCUT2D eigenvalue weighted by atomic mass is 32.2. The highest BCUT2D eigenvalue weighted by Gasteiger charge is 2.30. The van der Waals surface area contributed by atoms with Crippen molar-refractivity contribution >= 4 is 21.6 Å². The largest absolute Gasteiger partial charge is 0.325 e. The lowest BCUT2D eigenvalue weighted by atomic mass is 9.97. The van der Waals surface area contributed by atoms with Gasteiger partial charge in [0.25, 0.3) is 0 Å². The maximum Gasteiger partial charge on any atom is 0.240 e. The van der Waals surface area contributed by atoms with Crippen LogP contribution in [0.1, 0.15) is 6.92 Å². The summed E-state index contributed by atoms with van der Waals surface area (Å²) in [6, 6.07) is 6.13. The van der Waals surface area contributed by atoms with E-state index in [2.05, 4.69) is 10.6 Å². The van der Waals surface area contributed by atoms with Crippen LogP contribution in [0, 0.1) is 11.8 Å². The highest BCUT2D eigenvalue weighted by molar-refractivity contribution is 7.89. The van der Waals surface area contributed by atoms with E-state index < -0.39 is 10.0 Å². The van der Waals surface area contributed by atoms with Crippen molar-refractivity contribution in [1.82, 2.24) is 5.32 Å². The quantitative estimate of drug-likeness (QED) is 0.733. The van der Waals surface area contributed by atoms with E-state index in [4.69, 9.17) is 5.14 Å². The topological polar surface area (TPSA) is 101 Å². The Bertz CT molecular complexity index is 586. The lowest BCUT2D eigenvalue weighted by Gasteiger charge is -2.15. The number of amides is 1. The van der Waals surface area contributed by atoms with Crippen LogP contribution in [0.15, 0.2) is 29.2 Å². The molecule has 0 saturated carbocycles. The van der Waals surface area contributed by atoms with Crippen molar-refractivity contribution in [1.29, 1.82) is 0 Å². The summed E-state index contributed by atoms with van der Waals surface area (Å²) >= 11 is 0. The van der Waals surface area contributed by atoms with Crippen LogP contribution in [0.3, 0.4) is 0 Å². The second-order valence-corrected chi connectivity index (χ2v) is 6.30. The maximum absolute atomic E-state index is 12.1. The average molecular weight is 283 g/mol. The molecule has 1 saturated heterocycles. The smallest absolute Gasteiger partial charge is 0.240 e. The van der Waals surface area contributed by atoms with Crippen molar-refractivity contribution in [2.45, 2.75) is 11.8 Å². The predicted molar refractivity (Wildman–Crippen MR) is 72.0 cm³/mol. The molecule has 6 nitrogen and oxygen atoms in total. The predicted octanol–water partition coefficient (Wildman–Crippen LogP) is 0.128. The standard InChI is InChI=1S/C12H17N3O3S/c1-8-6-14-7-9(8)12(16)15-10-4-2-3-5-11(10)19(13,17)18/h2-5,8-9,14H,6-7H2,1H3,(H,15,16)(H2,13,17,18). The summed E-state index contributed by atoms with van der Waals surface area (Å²) in [5.74, 6) is -0.121. The van der Waals surface area contributed by atoms with E-state index in [0.717, 1.165) is 6.54 Å². The van der Waals surface area contributed by atoms with Crippen LogP contribution in [0.5, 0.6) is 0 Å². The van der Waals surface area contributed by atoms with Crippen LogP contribution in [-0.4, -0.2) is 27.4 Å². The van der Waals surface area contributed by atoms with Gasteiger partial charge in [-0.05, 0) is 24.6 Å². The molecule has 0 aromatic heterocycles. The van der Waals surface area contributed by atoms with Crippen molar-refractivity contribution in [2.24, 2.45) is 17.0 Å². The summed E-state index contributed by atoms with van der Waals surface area (Å²) in [4.78, 5) is 12.0. The number of carbonyl (C=O) groups is 1. The number of para-hydroxylation sites is 1. The Labute approximate surface area is 112 Å². The number of nitrogens with one attached hydrogen (secondary N) is 2. The first-order chi connectivity index (χ1) is 8.89. The molecule has 1 aliphatic rings. The monoisotopic (exact) mass is 283 g/mol. The third kappa shape index (κ3) is 3.12. The first kappa shape index (κ1) is 14.0. The summed E-state index contributed by atoms with van der Waals surface area (Å²) in [5, 5.41) is 10.9. The normalized spacial score (nSPS) is 23.3. The van der Waals surface area contributed by atoms with Crippen molar-refractivity contribution in [2.75, 3.05) is 18.4 Å². The number of benzene rings is 1. The zero-order valence-corrected chi connectivity index (χ0v) is 11.4. The zero-order valence-electron chi connectivity index (χ0n) is 10.6. The average Bonchev–Trinajstić information content (AvgIpc) is 2.75. The van der Waals surface area contributed by atoms with Crippen LogP contribution in [0.2, 0.25) is 0 Å². The molecule has 4 N–H and O–H groups in total. The third-order valence-electron chi connectivity index (χ3n) is 3.31. The van der Waals surface area contributed by atoms with Gasteiger partial charge >= 0.3 is 0 Å². The summed E-state index contributed by atoms with van der Waals surface area (Å²) in [7, 11) is -3.85. The molecular weight excluding hydrogens is 266 g/mol. The molecule has 1 heterocycles. The van der Waals surface area contributed by atoms with Crippen LogP contribution < -0.4 is 15.8 Å². The first-order valence-corrected chi connectivity index (χ1v) is 7.57.